The van der Waals surface area contributed by atoms with Gasteiger partial charge < -0.3 is 9.64 Å². The van der Waals surface area contributed by atoms with E-state index in [9.17, 15) is 21.6 Å². The minimum absolute atomic E-state index is 0.180. The number of rotatable bonds is 7. The number of anilines is 1. The van der Waals surface area contributed by atoms with Crippen LogP contribution in [0, 0.1) is 0 Å². The molecule has 2 aliphatic rings. The molecule has 2 heterocycles. The fourth-order valence-corrected chi connectivity index (χ4v) is 5.44. The fourth-order valence-electron chi connectivity index (χ4n) is 4.19. The van der Waals surface area contributed by atoms with Crippen LogP contribution in [0.15, 0.2) is 114 Å². The lowest BCUT2D eigenvalue weighted by molar-refractivity contribution is -0.139. The van der Waals surface area contributed by atoms with Crippen LogP contribution in [0.2, 0.25) is 0 Å². The molecule has 1 aliphatic carbocycles. The monoisotopic (exact) mass is 552 g/mol. The molecular formula is C28H23F3N4O3S. The highest BCUT2D eigenvalue weighted by atomic mass is 32.2. The maximum atomic E-state index is 13.4. The third-order valence-corrected chi connectivity index (χ3v) is 7.46. The summed E-state index contributed by atoms with van der Waals surface area (Å²) in [4.78, 5) is 9.38. The number of nitrogens with one attached hydrogen (secondary N) is 1. The number of allylic oxidation sites excluding steroid dienone is 4. The number of halogens is 3. The molecule has 5 rings (SSSR count). The molecule has 200 valence electrons. The van der Waals surface area contributed by atoms with E-state index in [1.54, 1.807) is 18.4 Å². The zero-order valence-corrected chi connectivity index (χ0v) is 21.3. The zero-order valence-electron chi connectivity index (χ0n) is 20.5. The summed E-state index contributed by atoms with van der Waals surface area (Å²) in [6, 6.07) is 11.2. The van der Waals surface area contributed by atoms with E-state index >= 15 is 0 Å². The van der Waals surface area contributed by atoms with Crippen molar-refractivity contribution in [3.63, 3.8) is 0 Å². The van der Waals surface area contributed by atoms with Crippen LogP contribution in [0.1, 0.15) is 24.0 Å². The molecule has 0 amide bonds. The second-order valence-corrected chi connectivity index (χ2v) is 10.4. The van der Waals surface area contributed by atoms with Crippen molar-refractivity contribution >= 4 is 15.8 Å². The molecular weight excluding hydrogens is 529 g/mol. The number of hydrogen-bond acceptors (Lipinski definition) is 6. The molecule has 0 saturated heterocycles. The zero-order chi connectivity index (χ0) is 27.5. The van der Waals surface area contributed by atoms with Gasteiger partial charge >= 0.3 is 6.18 Å². The van der Waals surface area contributed by atoms with Gasteiger partial charge in [0, 0.05) is 36.9 Å². The van der Waals surface area contributed by atoms with E-state index < -0.39 is 26.7 Å². The van der Waals surface area contributed by atoms with Crippen molar-refractivity contribution in [2.75, 3.05) is 4.72 Å². The molecule has 0 spiro atoms. The van der Waals surface area contributed by atoms with Gasteiger partial charge in [0.05, 0.1) is 10.5 Å². The third-order valence-electron chi connectivity index (χ3n) is 6.06. The van der Waals surface area contributed by atoms with Gasteiger partial charge in [-0.2, -0.15) is 13.2 Å². The Morgan fingerprint density at radius 2 is 1.79 bits per heavy atom. The van der Waals surface area contributed by atoms with E-state index in [0.717, 1.165) is 47.9 Å². The Kier molecular flexibility index (Phi) is 7.25. The molecule has 3 aromatic rings. The van der Waals surface area contributed by atoms with Gasteiger partial charge in [0.2, 0.25) is 0 Å². The summed E-state index contributed by atoms with van der Waals surface area (Å²) < 4.78 is 74.1. The Hall–Kier alpha value is -4.38. The van der Waals surface area contributed by atoms with E-state index in [-0.39, 0.29) is 11.5 Å². The maximum Gasteiger partial charge on any atom is 0.417 e. The van der Waals surface area contributed by atoms with Crippen molar-refractivity contribution in [1.29, 1.82) is 0 Å². The summed E-state index contributed by atoms with van der Waals surface area (Å²) in [7, 11) is -4.61. The van der Waals surface area contributed by atoms with Crippen LogP contribution in [-0.4, -0.2) is 23.3 Å². The summed E-state index contributed by atoms with van der Waals surface area (Å²) in [5, 5.41) is 0. The Balaban J connectivity index is 1.36. The minimum Gasteiger partial charge on any atom is -0.462 e. The number of nitrogens with zero attached hydrogens (tertiary/aromatic N) is 3. The van der Waals surface area contributed by atoms with Crippen LogP contribution >= 0.6 is 0 Å². The first-order valence-corrected chi connectivity index (χ1v) is 13.5. The highest BCUT2D eigenvalue weighted by Gasteiger charge is 2.37. The van der Waals surface area contributed by atoms with Crippen molar-refractivity contribution in [2.45, 2.75) is 30.5 Å². The molecule has 0 atom stereocenters. The number of hydrogen-bond donors (Lipinski definition) is 1. The smallest absolute Gasteiger partial charge is 0.417 e. The van der Waals surface area contributed by atoms with E-state index in [0.29, 0.717) is 12.1 Å². The molecule has 1 aromatic heterocycles. The van der Waals surface area contributed by atoms with Gasteiger partial charge in [-0.05, 0) is 36.1 Å². The Labute approximate surface area is 223 Å². The van der Waals surface area contributed by atoms with Crippen molar-refractivity contribution in [3.05, 3.63) is 120 Å². The third kappa shape index (κ3) is 6.04. The molecule has 0 fully saturated rings. The number of benzene rings is 2. The first-order valence-electron chi connectivity index (χ1n) is 12.0. The fraction of sp³-hybridized carbons (Fsp3) is 0.143. The molecule has 0 radical (unpaired) electrons. The van der Waals surface area contributed by atoms with Crippen LogP contribution in [0.25, 0.3) is 11.3 Å². The van der Waals surface area contributed by atoms with Gasteiger partial charge in [-0.25, -0.2) is 13.4 Å². The maximum absolute atomic E-state index is 13.4. The number of alkyl halides is 3. The molecule has 1 aliphatic heterocycles. The van der Waals surface area contributed by atoms with Gasteiger partial charge in [0.1, 0.15) is 17.7 Å². The average Bonchev–Trinajstić information content (AvgIpc) is 2.94. The van der Waals surface area contributed by atoms with Gasteiger partial charge in [-0.1, -0.05) is 54.6 Å². The van der Waals surface area contributed by atoms with E-state index in [4.69, 9.17) is 4.74 Å². The van der Waals surface area contributed by atoms with Crippen molar-refractivity contribution < 1.29 is 26.3 Å². The largest absolute Gasteiger partial charge is 0.462 e. The summed E-state index contributed by atoms with van der Waals surface area (Å²) >= 11 is 0. The quantitative estimate of drug-likeness (QED) is 0.366. The highest BCUT2D eigenvalue weighted by molar-refractivity contribution is 7.92. The molecule has 39 heavy (non-hydrogen) atoms. The lowest BCUT2D eigenvalue weighted by Crippen LogP contribution is -2.20. The molecule has 11 heteroatoms. The SMILES string of the molecule is O=S(=O)(Nc1nccnc1-c1ccc(CN2C=COC(C3=CC=CCC3)=C2)cc1)c1ccccc1C(F)(F)F. The summed E-state index contributed by atoms with van der Waals surface area (Å²) in [5.74, 6) is 0.614. The molecule has 0 bridgehead atoms. The van der Waals surface area contributed by atoms with E-state index in [1.807, 2.05) is 41.6 Å². The van der Waals surface area contributed by atoms with Crippen LogP contribution in [-0.2, 0) is 27.5 Å². The molecule has 1 N–H and O–H groups in total. The average molecular weight is 553 g/mol. The first-order chi connectivity index (χ1) is 18.7. The number of sulfonamides is 1. The highest BCUT2D eigenvalue weighted by Crippen LogP contribution is 2.35. The van der Waals surface area contributed by atoms with Crippen molar-refractivity contribution in [2.24, 2.45) is 0 Å². The molecule has 0 unspecified atom stereocenters. The molecule has 2 aromatic carbocycles. The van der Waals surface area contributed by atoms with Gasteiger partial charge in [0.15, 0.2) is 5.82 Å². The Bertz CT molecular complexity index is 1590. The van der Waals surface area contributed by atoms with Crippen LogP contribution in [0.3, 0.4) is 0 Å². The van der Waals surface area contributed by atoms with Crippen LogP contribution in [0.5, 0.6) is 0 Å². The molecule has 7 nitrogen and oxygen atoms in total. The normalized spacial score (nSPS) is 15.4. The predicted octanol–water partition coefficient (Wildman–Crippen LogP) is 6.38. The summed E-state index contributed by atoms with van der Waals surface area (Å²) in [5.41, 5.74) is 1.54. The van der Waals surface area contributed by atoms with Crippen molar-refractivity contribution in [1.82, 2.24) is 14.9 Å². The van der Waals surface area contributed by atoms with E-state index in [1.165, 1.54) is 18.5 Å². The van der Waals surface area contributed by atoms with Gasteiger partial charge in [0.25, 0.3) is 10.0 Å². The predicted molar refractivity (Wildman–Crippen MR) is 140 cm³/mol. The Morgan fingerprint density at radius 3 is 2.54 bits per heavy atom. The Morgan fingerprint density at radius 1 is 1.03 bits per heavy atom. The lowest BCUT2D eigenvalue weighted by Gasteiger charge is -2.23. The summed E-state index contributed by atoms with van der Waals surface area (Å²) in [6.07, 6.45) is 11.2. The van der Waals surface area contributed by atoms with E-state index in [2.05, 4.69) is 20.8 Å². The molecule has 0 saturated carbocycles. The summed E-state index contributed by atoms with van der Waals surface area (Å²) in [6.45, 7) is 0.556. The minimum atomic E-state index is -4.84. The standard InChI is InChI=1S/C28H23F3N4O3S/c29-28(30,31)23-8-4-5-9-25(23)39(36,37)34-27-26(32-14-15-33-27)22-12-10-20(11-13-22)18-35-16-17-38-24(19-35)21-6-2-1-3-7-21/h1-2,4-6,8-17,19H,3,7,18H2,(H,33,34). The second kappa shape index (κ2) is 10.8. The second-order valence-electron chi connectivity index (χ2n) is 8.78. The lowest BCUT2D eigenvalue weighted by atomic mass is 10.0. The van der Waals surface area contributed by atoms with Gasteiger partial charge in [-0.15, -0.1) is 0 Å². The van der Waals surface area contributed by atoms with Crippen LogP contribution in [0.4, 0.5) is 19.0 Å². The van der Waals surface area contributed by atoms with Gasteiger partial charge in [-0.3, -0.25) is 9.71 Å². The topological polar surface area (TPSA) is 84.4 Å². The van der Waals surface area contributed by atoms with Crippen LogP contribution < -0.4 is 4.72 Å². The number of aromatic nitrogens is 2. The number of ether oxygens (including phenoxy) is 1. The first kappa shape index (κ1) is 26.2. The van der Waals surface area contributed by atoms with Crippen molar-refractivity contribution in [3.8, 4) is 11.3 Å².